The maximum absolute atomic E-state index is 12.5. The van der Waals surface area contributed by atoms with Crippen molar-refractivity contribution in [3.8, 4) is 0 Å². The van der Waals surface area contributed by atoms with Crippen LogP contribution in [0.2, 0.25) is 0 Å². The van der Waals surface area contributed by atoms with Crippen LogP contribution in [0.15, 0.2) is 0 Å². The number of hydrogen-bond donors (Lipinski definition) is 1. The number of amides is 2. The van der Waals surface area contributed by atoms with Crippen LogP contribution in [-0.4, -0.2) is 74.1 Å². The topological polar surface area (TPSA) is 61.9 Å². The van der Waals surface area contributed by atoms with Gasteiger partial charge in [0.2, 0.25) is 5.91 Å². The van der Waals surface area contributed by atoms with Gasteiger partial charge in [0, 0.05) is 40.3 Å². The van der Waals surface area contributed by atoms with E-state index < -0.39 is 6.04 Å². The quantitative estimate of drug-likeness (QED) is 0.730. The van der Waals surface area contributed by atoms with Crippen molar-refractivity contribution in [1.82, 2.24) is 15.1 Å². The zero-order chi connectivity index (χ0) is 13.8. The van der Waals surface area contributed by atoms with Crippen LogP contribution in [0.3, 0.4) is 0 Å². The van der Waals surface area contributed by atoms with Crippen LogP contribution in [0.5, 0.6) is 0 Å². The molecule has 2 fully saturated rings. The first-order valence-electron chi connectivity index (χ1n) is 6.95. The van der Waals surface area contributed by atoms with E-state index in [4.69, 9.17) is 4.74 Å². The third-order valence-electron chi connectivity index (χ3n) is 3.71. The second-order valence-electron chi connectivity index (χ2n) is 5.34. The predicted molar refractivity (Wildman–Crippen MR) is 70.7 cm³/mol. The number of carbonyl (C=O) groups excluding carboxylic acids is 2. The van der Waals surface area contributed by atoms with E-state index in [9.17, 15) is 9.59 Å². The zero-order valence-electron chi connectivity index (χ0n) is 11.7. The Balaban J connectivity index is 2.05. The van der Waals surface area contributed by atoms with Gasteiger partial charge in [-0.25, -0.2) is 0 Å². The van der Waals surface area contributed by atoms with Crippen molar-refractivity contribution in [2.45, 2.75) is 31.4 Å². The summed E-state index contributed by atoms with van der Waals surface area (Å²) >= 11 is 0. The first-order chi connectivity index (χ1) is 9.11. The van der Waals surface area contributed by atoms with E-state index >= 15 is 0 Å². The van der Waals surface area contributed by atoms with E-state index in [2.05, 4.69) is 5.32 Å². The Labute approximate surface area is 114 Å². The minimum Gasteiger partial charge on any atom is -0.368 e. The molecule has 2 aliphatic rings. The van der Waals surface area contributed by atoms with Gasteiger partial charge >= 0.3 is 0 Å². The molecule has 0 aromatic heterocycles. The monoisotopic (exact) mass is 269 g/mol. The lowest BCUT2D eigenvalue weighted by Crippen LogP contribution is -2.61. The first kappa shape index (κ1) is 14.3. The number of nitrogens with zero attached hydrogens (tertiary/aromatic N) is 2. The van der Waals surface area contributed by atoms with E-state index in [1.165, 1.54) is 0 Å². The minimum atomic E-state index is -0.401. The summed E-state index contributed by atoms with van der Waals surface area (Å²) in [6.45, 7) is 2.48. The van der Waals surface area contributed by atoms with Crippen molar-refractivity contribution in [1.29, 1.82) is 0 Å². The lowest BCUT2D eigenvalue weighted by Gasteiger charge is -2.38. The molecule has 0 spiro atoms. The third kappa shape index (κ3) is 3.25. The zero-order valence-corrected chi connectivity index (χ0v) is 11.7. The second kappa shape index (κ2) is 6.34. The number of likely N-dealkylation sites (N-methyl/N-ethyl adjacent to an activating group) is 1. The SMILES string of the molecule is CN(C)C(=O)C1CNCCN1C(=O)C1CCCCO1. The highest BCUT2D eigenvalue weighted by molar-refractivity contribution is 5.89. The molecule has 2 heterocycles. The van der Waals surface area contributed by atoms with Gasteiger partial charge in [0.15, 0.2) is 0 Å². The summed E-state index contributed by atoms with van der Waals surface area (Å²) in [5, 5.41) is 3.18. The highest BCUT2D eigenvalue weighted by Gasteiger charge is 2.36. The summed E-state index contributed by atoms with van der Waals surface area (Å²) in [4.78, 5) is 27.9. The van der Waals surface area contributed by atoms with Crippen LogP contribution >= 0.6 is 0 Å². The number of hydrogen-bond acceptors (Lipinski definition) is 4. The molecular formula is C13H23N3O3. The van der Waals surface area contributed by atoms with Gasteiger partial charge in [0.1, 0.15) is 12.1 Å². The largest absolute Gasteiger partial charge is 0.368 e. The van der Waals surface area contributed by atoms with Crippen LogP contribution in [-0.2, 0) is 14.3 Å². The summed E-state index contributed by atoms with van der Waals surface area (Å²) in [6.07, 6.45) is 2.45. The summed E-state index contributed by atoms with van der Waals surface area (Å²) < 4.78 is 5.54. The smallest absolute Gasteiger partial charge is 0.252 e. The second-order valence-corrected chi connectivity index (χ2v) is 5.34. The van der Waals surface area contributed by atoms with Crippen LogP contribution in [0.25, 0.3) is 0 Å². The number of carbonyl (C=O) groups is 2. The molecule has 0 bridgehead atoms. The Morgan fingerprint density at radius 1 is 1.32 bits per heavy atom. The molecule has 6 nitrogen and oxygen atoms in total. The van der Waals surface area contributed by atoms with E-state index in [-0.39, 0.29) is 17.9 Å². The fraction of sp³-hybridized carbons (Fsp3) is 0.846. The standard InChI is InChI=1S/C13H23N3O3/c1-15(2)12(17)10-9-14-6-7-16(10)13(18)11-5-3-4-8-19-11/h10-11,14H,3-9H2,1-2H3. The van der Waals surface area contributed by atoms with E-state index in [0.717, 1.165) is 25.8 Å². The van der Waals surface area contributed by atoms with Crippen LogP contribution in [0, 0.1) is 0 Å². The molecule has 0 saturated carbocycles. The van der Waals surface area contributed by atoms with Crippen LogP contribution in [0.4, 0.5) is 0 Å². The van der Waals surface area contributed by atoms with Crippen LogP contribution in [0.1, 0.15) is 19.3 Å². The van der Waals surface area contributed by atoms with Crippen molar-refractivity contribution >= 4 is 11.8 Å². The van der Waals surface area contributed by atoms with Crippen molar-refractivity contribution < 1.29 is 14.3 Å². The normalized spacial score (nSPS) is 28.0. The van der Waals surface area contributed by atoms with Gasteiger partial charge in [0.25, 0.3) is 5.91 Å². The number of ether oxygens (including phenoxy) is 1. The van der Waals surface area contributed by atoms with Gasteiger partial charge < -0.3 is 19.9 Å². The van der Waals surface area contributed by atoms with Gasteiger partial charge in [0.05, 0.1) is 0 Å². The molecule has 0 aromatic carbocycles. The fourth-order valence-corrected chi connectivity index (χ4v) is 2.61. The third-order valence-corrected chi connectivity index (χ3v) is 3.71. The summed E-state index contributed by atoms with van der Waals surface area (Å²) in [6, 6.07) is -0.401. The van der Waals surface area contributed by atoms with Crippen molar-refractivity contribution in [2.24, 2.45) is 0 Å². The average molecular weight is 269 g/mol. The van der Waals surface area contributed by atoms with E-state index in [0.29, 0.717) is 19.7 Å². The van der Waals surface area contributed by atoms with E-state index in [1.807, 2.05) is 0 Å². The molecule has 2 amide bonds. The van der Waals surface area contributed by atoms with Gasteiger partial charge in [-0.05, 0) is 19.3 Å². The molecule has 1 N–H and O–H groups in total. The van der Waals surface area contributed by atoms with Crippen molar-refractivity contribution in [2.75, 3.05) is 40.3 Å². The Bertz CT molecular complexity index is 340. The molecule has 0 aliphatic carbocycles. The Kier molecular flexibility index (Phi) is 4.76. The molecule has 2 aliphatic heterocycles. The van der Waals surface area contributed by atoms with Crippen LogP contribution < -0.4 is 5.32 Å². The fourth-order valence-electron chi connectivity index (χ4n) is 2.61. The lowest BCUT2D eigenvalue weighted by atomic mass is 10.1. The van der Waals surface area contributed by atoms with E-state index in [1.54, 1.807) is 23.9 Å². The van der Waals surface area contributed by atoms with Crippen molar-refractivity contribution in [3.63, 3.8) is 0 Å². The van der Waals surface area contributed by atoms with Gasteiger partial charge in [-0.1, -0.05) is 0 Å². The predicted octanol–water partition coefficient (Wildman–Crippen LogP) is -0.556. The number of rotatable bonds is 2. The highest BCUT2D eigenvalue weighted by Crippen LogP contribution is 2.17. The maximum atomic E-state index is 12.5. The van der Waals surface area contributed by atoms with Crippen molar-refractivity contribution in [3.05, 3.63) is 0 Å². The molecular weight excluding hydrogens is 246 g/mol. The summed E-state index contributed by atoms with van der Waals surface area (Å²) in [5.74, 6) is -0.0576. The lowest BCUT2D eigenvalue weighted by molar-refractivity contribution is -0.155. The molecule has 0 radical (unpaired) electrons. The molecule has 108 valence electrons. The van der Waals surface area contributed by atoms with Gasteiger partial charge in [-0.2, -0.15) is 0 Å². The first-order valence-corrected chi connectivity index (χ1v) is 6.95. The molecule has 2 rings (SSSR count). The molecule has 6 heteroatoms. The highest BCUT2D eigenvalue weighted by atomic mass is 16.5. The molecule has 0 aromatic rings. The average Bonchev–Trinajstić information content (AvgIpc) is 2.46. The molecule has 2 unspecified atom stereocenters. The minimum absolute atomic E-state index is 0.0265. The van der Waals surface area contributed by atoms with Gasteiger partial charge in [-0.15, -0.1) is 0 Å². The maximum Gasteiger partial charge on any atom is 0.252 e. The Morgan fingerprint density at radius 3 is 2.74 bits per heavy atom. The summed E-state index contributed by atoms with van der Waals surface area (Å²) in [7, 11) is 3.44. The molecule has 19 heavy (non-hydrogen) atoms. The molecule has 2 saturated heterocycles. The summed E-state index contributed by atoms with van der Waals surface area (Å²) in [5.41, 5.74) is 0. The van der Waals surface area contributed by atoms with Gasteiger partial charge in [-0.3, -0.25) is 9.59 Å². The molecule has 2 atom stereocenters. The Morgan fingerprint density at radius 2 is 2.11 bits per heavy atom. The number of piperazine rings is 1. The number of nitrogens with one attached hydrogen (secondary N) is 1. The Hall–Kier alpha value is -1.14.